The lowest BCUT2D eigenvalue weighted by Crippen LogP contribution is -2.08. The predicted molar refractivity (Wildman–Crippen MR) is 81.3 cm³/mol. The Hall–Kier alpha value is -1.54. The highest BCUT2D eigenvalue weighted by Gasteiger charge is 2.07. The summed E-state index contributed by atoms with van der Waals surface area (Å²) in [6.07, 6.45) is 6.49. The number of benzene rings is 1. The number of hydrogen-bond donors (Lipinski definition) is 1. The van der Waals surface area contributed by atoms with E-state index in [1.165, 1.54) is 22.3 Å². The van der Waals surface area contributed by atoms with Crippen LogP contribution in [0.3, 0.4) is 0 Å². The van der Waals surface area contributed by atoms with Gasteiger partial charge in [-0.05, 0) is 43.0 Å². The highest BCUT2D eigenvalue weighted by molar-refractivity contribution is 5.31. The molecule has 0 saturated heterocycles. The van der Waals surface area contributed by atoms with Gasteiger partial charge >= 0.3 is 0 Å². The summed E-state index contributed by atoms with van der Waals surface area (Å²) in [5, 5.41) is 0. The summed E-state index contributed by atoms with van der Waals surface area (Å²) < 4.78 is 2.23. The van der Waals surface area contributed by atoms with Gasteiger partial charge < -0.3 is 10.3 Å². The molecule has 0 aliphatic carbocycles. The summed E-state index contributed by atoms with van der Waals surface area (Å²) in [6.45, 7) is 7.41. The molecule has 2 N–H and O–H groups in total. The lowest BCUT2D eigenvalue weighted by atomic mass is 10.1. The molecule has 0 radical (unpaired) electrons. The molecule has 2 rings (SSSR count). The zero-order chi connectivity index (χ0) is 13.8. The van der Waals surface area contributed by atoms with E-state index < -0.39 is 0 Å². The lowest BCUT2D eigenvalue weighted by molar-refractivity contribution is 0.636. The van der Waals surface area contributed by atoms with E-state index >= 15 is 0 Å². The lowest BCUT2D eigenvalue weighted by Gasteiger charge is -2.09. The molecule has 1 heterocycles. The minimum atomic E-state index is 0.171. The largest absolute Gasteiger partial charge is 0.350 e. The summed E-state index contributed by atoms with van der Waals surface area (Å²) in [4.78, 5) is 0. The van der Waals surface area contributed by atoms with E-state index in [0.717, 1.165) is 19.4 Å². The summed E-state index contributed by atoms with van der Waals surface area (Å²) in [5.74, 6) is 0. The Morgan fingerprint density at radius 1 is 1.21 bits per heavy atom. The standard InChI is InChI=1S/C17H24N2/c1-4-5-17(18)15-8-9-19(11-15)12-16-10-13(2)6-7-14(16)3/h6-11,17H,4-5,12,18H2,1-3H3. The quantitative estimate of drug-likeness (QED) is 0.862. The minimum Gasteiger partial charge on any atom is -0.350 e. The van der Waals surface area contributed by atoms with E-state index in [9.17, 15) is 0 Å². The maximum atomic E-state index is 6.15. The van der Waals surface area contributed by atoms with E-state index in [-0.39, 0.29) is 6.04 Å². The van der Waals surface area contributed by atoms with Crippen LogP contribution in [0.1, 0.15) is 48.1 Å². The van der Waals surface area contributed by atoms with Gasteiger partial charge in [0.2, 0.25) is 0 Å². The van der Waals surface area contributed by atoms with Gasteiger partial charge in [-0.1, -0.05) is 37.1 Å². The Kier molecular flexibility index (Phi) is 4.43. The van der Waals surface area contributed by atoms with Crippen molar-refractivity contribution in [2.45, 2.75) is 46.2 Å². The fourth-order valence-electron chi connectivity index (χ4n) is 2.42. The summed E-state index contributed by atoms with van der Waals surface area (Å²) in [5.41, 5.74) is 11.4. The summed E-state index contributed by atoms with van der Waals surface area (Å²) in [6, 6.07) is 8.94. The first kappa shape index (κ1) is 13.9. The van der Waals surface area contributed by atoms with Gasteiger partial charge in [0, 0.05) is 25.0 Å². The van der Waals surface area contributed by atoms with Crippen molar-refractivity contribution in [2.75, 3.05) is 0 Å². The maximum absolute atomic E-state index is 6.15. The Morgan fingerprint density at radius 3 is 2.74 bits per heavy atom. The number of hydrogen-bond acceptors (Lipinski definition) is 1. The molecule has 2 aromatic rings. The van der Waals surface area contributed by atoms with Crippen LogP contribution in [0.25, 0.3) is 0 Å². The molecule has 1 aromatic heterocycles. The fraction of sp³-hybridized carbons (Fsp3) is 0.412. The van der Waals surface area contributed by atoms with Crippen LogP contribution >= 0.6 is 0 Å². The van der Waals surface area contributed by atoms with Crippen molar-refractivity contribution in [1.29, 1.82) is 0 Å². The monoisotopic (exact) mass is 256 g/mol. The molecule has 0 spiro atoms. The molecule has 19 heavy (non-hydrogen) atoms. The van der Waals surface area contributed by atoms with Crippen molar-refractivity contribution in [1.82, 2.24) is 4.57 Å². The van der Waals surface area contributed by atoms with Gasteiger partial charge in [-0.3, -0.25) is 0 Å². The average Bonchev–Trinajstić information content (AvgIpc) is 2.83. The van der Waals surface area contributed by atoms with Crippen LogP contribution < -0.4 is 5.73 Å². The first-order chi connectivity index (χ1) is 9.10. The molecule has 0 bridgehead atoms. The van der Waals surface area contributed by atoms with Crippen LogP contribution in [-0.4, -0.2) is 4.57 Å². The smallest absolute Gasteiger partial charge is 0.0473 e. The molecule has 0 saturated carbocycles. The van der Waals surface area contributed by atoms with Crippen molar-refractivity contribution in [2.24, 2.45) is 5.73 Å². The Labute approximate surface area is 116 Å². The Balaban J connectivity index is 2.13. The highest BCUT2D eigenvalue weighted by atomic mass is 14.9. The number of nitrogens with two attached hydrogens (primary N) is 1. The van der Waals surface area contributed by atoms with Gasteiger partial charge in [-0.15, -0.1) is 0 Å². The second-order valence-corrected chi connectivity index (χ2v) is 5.44. The van der Waals surface area contributed by atoms with E-state index in [4.69, 9.17) is 5.73 Å². The molecule has 0 aliphatic heterocycles. The number of nitrogens with zero attached hydrogens (tertiary/aromatic N) is 1. The molecule has 2 heteroatoms. The van der Waals surface area contributed by atoms with Crippen molar-refractivity contribution >= 4 is 0 Å². The third-order valence-electron chi connectivity index (χ3n) is 3.66. The Bertz CT molecular complexity index is 540. The number of rotatable bonds is 5. The summed E-state index contributed by atoms with van der Waals surface area (Å²) in [7, 11) is 0. The van der Waals surface area contributed by atoms with Crippen molar-refractivity contribution in [3.05, 3.63) is 58.9 Å². The molecular formula is C17H24N2. The van der Waals surface area contributed by atoms with Gasteiger partial charge in [0.15, 0.2) is 0 Å². The molecule has 0 fully saturated rings. The molecular weight excluding hydrogens is 232 g/mol. The van der Waals surface area contributed by atoms with Crippen LogP contribution in [-0.2, 0) is 6.54 Å². The van der Waals surface area contributed by atoms with E-state index in [1.54, 1.807) is 0 Å². The van der Waals surface area contributed by atoms with E-state index in [0.29, 0.717) is 0 Å². The number of aryl methyl sites for hydroxylation is 2. The molecule has 0 aliphatic rings. The first-order valence-corrected chi connectivity index (χ1v) is 7.07. The molecule has 1 unspecified atom stereocenters. The van der Waals surface area contributed by atoms with Gasteiger partial charge in [-0.25, -0.2) is 0 Å². The topological polar surface area (TPSA) is 30.9 Å². The fourth-order valence-corrected chi connectivity index (χ4v) is 2.42. The van der Waals surface area contributed by atoms with Crippen LogP contribution in [0.4, 0.5) is 0 Å². The zero-order valence-electron chi connectivity index (χ0n) is 12.2. The molecule has 0 amide bonds. The van der Waals surface area contributed by atoms with Gasteiger partial charge in [0.1, 0.15) is 0 Å². The van der Waals surface area contributed by atoms with Crippen molar-refractivity contribution < 1.29 is 0 Å². The normalized spacial score (nSPS) is 12.6. The Morgan fingerprint density at radius 2 is 2.00 bits per heavy atom. The predicted octanol–water partition coefficient (Wildman–Crippen LogP) is 3.95. The van der Waals surface area contributed by atoms with Crippen LogP contribution in [0.5, 0.6) is 0 Å². The third kappa shape index (κ3) is 3.48. The van der Waals surface area contributed by atoms with Crippen molar-refractivity contribution in [3.8, 4) is 0 Å². The van der Waals surface area contributed by atoms with E-state index in [1.807, 2.05) is 0 Å². The molecule has 1 aromatic carbocycles. The van der Waals surface area contributed by atoms with Crippen molar-refractivity contribution in [3.63, 3.8) is 0 Å². The van der Waals surface area contributed by atoms with Crippen LogP contribution in [0.15, 0.2) is 36.7 Å². The molecule has 102 valence electrons. The van der Waals surface area contributed by atoms with Gasteiger partial charge in [0.05, 0.1) is 0 Å². The third-order valence-corrected chi connectivity index (χ3v) is 3.66. The average molecular weight is 256 g/mol. The second-order valence-electron chi connectivity index (χ2n) is 5.44. The maximum Gasteiger partial charge on any atom is 0.0473 e. The van der Waals surface area contributed by atoms with Gasteiger partial charge in [0.25, 0.3) is 0 Å². The van der Waals surface area contributed by atoms with Gasteiger partial charge in [-0.2, -0.15) is 0 Å². The van der Waals surface area contributed by atoms with Crippen LogP contribution in [0.2, 0.25) is 0 Å². The summed E-state index contributed by atoms with van der Waals surface area (Å²) >= 11 is 0. The van der Waals surface area contributed by atoms with Crippen LogP contribution in [0, 0.1) is 13.8 Å². The SMILES string of the molecule is CCCC(N)c1ccn(Cc2cc(C)ccc2C)c1. The highest BCUT2D eigenvalue weighted by Crippen LogP contribution is 2.18. The molecule has 1 atom stereocenters. The zero-order valence-corrected chi connectivity index (χ0v) is 12.2. The minimum absolute atomic E-state index is 0.171. The number of aromatic nitrogens is 1. The van der Waals surface area contributed by atoms with E-state index in [2.05, 4.69) is 62.0 Å². The molecule has 2 nitrogen and oxygen atoms in total. The second kappa shape index (κ2) is 6.07. The first-order valence-electron chi connectivity index (χ1n) is 7.07.